The smallest absolute Gasteiger partial charge is 0.331 e. The Morgan fingerprint density at radius 1 is 1.03 bits per heavy atom. The zero-order chi connectivity index (χ0) is 23.5. The van der Waals surface area contributed by atoms with Crippen LogP contribution in [0.25, 0.3) is 27.9 Å². The summed E-state index contributed by atoms with van der Waals surface area (Å²) in [6.07, 6.45) is 7.45. The van der Waals surface area contributed by atoms with Gasteiger partial charge in [0.05, 0.1) is 23.9 Å². The molecule has 0 saturated carbocycles. The molecule has 0 spiro atoms. The maximum atomic E-state index is 13.4. The molecule has 33 heavy (non-hydrogen) atoms. The molecule has 0 aliphatic heterocycles. The molecule has 2 aromatic carbocycles. The lowest BCUT2D eigenvalue weighted by atomic mass is 10.1. The lowest BCUT2D eigenvalue weighted by Crippen LogP contribution is -2.41. The minimum atomic E-state index is -1.06. The van der Waals surface area contributed by atoms with Gasteiger partial charge < -0.3 is 9.67 Å². The molecule has 0 amide bonds. The van der Waals surface area contributed by atoms with Crippen LogP contribution in [-0.2, 0) is 24.9 Å². The Bertz CT molecular complexity index is 1490. The number of rotatable bonds is 8. The summed E-state index contributed by atoms with van der Waals surface area (Å²) in [7, 11) is 1.96. The highest BCUT2D eigenvalue weighted by Gasteiger charge is 2.17. The van der Waals surface area contributed by atoms with Crippen LogP contribution in [0.3, 0.4) is 0 Å². The monoisotopic (exact) mass is 445 g/mol. The molecule has 0 saturated heterocycles. The number of hydrogen-bond donors (Lipinski definition) is 1. The molecule has 4 aromatic rings. The van der Waals surface area contributed by atoms with E-state index in [0.717, 1.165) is 39.4 Å². The van der Waals surface area contributed by atoms with Gasteiger partial charge in [0.2, 0.25) is 0 Å². The second-order valence-corrected chi connectivity index (χ2v) is 8.18. The number of benzene rings is 2. The van der Waals surface area contributed by atoms with Crippen LogP contribution in [0, 0.1) is 0 Å². The van der Waals surface area contributed by atoms with Gasteiger partial charge in [-0.15, -0.1) is 0 Å². The van der Waals surface area contributed by atoms with E-state index in [0.29, 0.717) is 10.9 Å². The Hall–Kier alpha value is -3.87. The number of para-hydroxylation sites is 1. The second-order valence-electron chi connectivity index (χ2n) is 8.18. The Morgan fingerprint density at radius 2 is 1.79 bits per heavy atom. The number of carbonyl (C=O) groups is 1. The summed E-state index contributed by atoms with van der Waals surface area (Å²) in [5.41, 5.74) is 2.31. The molecule has 0 radical (unpaired) electrons. The van der Waals surface area contributed by atoms with Crippen LogP contribution in [0.2, 0.25) is 0 Å². The molecule has 170 valence electrons. The van der Waals surface area contributed by atoms with Crippen LogP contribution in [0.1, 0.15) is 37.3 Å². The first-order valence-electron chi connectivity index (χ1n) is 11.1. The van der Waals surface area contributed by atoms with E-state index in [1.807, 2.05) is 66.4 Å². The number of unbranched alkanes of at least 4 members (excludes halogenated alkanes) is 1. The van der Waals surface area contributed by atoms with E-state index in [1.54, 1.807) is 10.6 Å². The number of carboxylic acid groups (broad SMARTS) is 1. The molecule has 0 atom stereocenters. The van der Waals surface area contributed by atoms with Crippen molar-refractivity contribution in [1.82, 2.24) is 13.7 Å². The molecule has 2 aromatic heterocycles. The van der Waals surface area contributed by atoms with E-state index in [9.17, 15) is 14.4 Å². The molecule has 4 rings (SSSR count). The van der Waals surface area contributed by atoms with Gasteiger partial charge in [0, 0.05) is 30.7 Å². The van der Waals surface area contributed by atoms with Crippen molar-refractivity contribution in [3.63, 3.8) is 0 Å². The first-order valence-corrected chi connectivity index (χ1v) is 11.1. The molecular formula is C26H27N3O4. The van der Waals surface area contributed by atoms with Crippen LogP contribution >= 0.6 is 0 Å². The predicted molar refractivity (Wildman–Crippen MR) is 131 cm³/mol. The van der Waals surface area contributed by atoms with Gasteiger partial charge in [-0.05, 0) is 29.7 Å². The zero-order valence-corrected chi connectivity index (χ0v) is 18.8. The molecule has 7 heteroatoms. The van der Waals surface area contributed by atoms with Gasteiger partial charge in [-0.2, -0.15) is 0 Å². The Balaban J connectivity index is 1.97. The number of aliphatic carboxylic acids is 1. The summed E-state index contributed by atoms with van der Waals surface area (Å²) in [5, 5.41) is 10.6. The maximum Gasteiger partial charge on any atom is 0.331 e. The minimum absolute atomic E-state index is 0.175. The zero-order valence-electron chi connectivity index (χ0n) is 18.8. The van der Waals surface area contributed by atoms with Crippen molar-refractivity contribution in [2.45, 2.75) is 39.3 Å². The van der Waals surface area contributed by atoms with Crippen molar-refractivity contribution in [2.75, 3.05) is 0 Å². The summed E-state index contributed by atoms with van der Waals surface area (Å²) < 4.78 is 4.65. The van der Waals surface area contributed by atoms with Crippen molar-refractivity contribution in [1.29, 1.82) is 0 Å². The SMILES string of the molecule is CCC/C=C/c1cccc2c1c(=O)n(CCC(=O)O)c(=O)n2Cc1cn(C)c2ccccc12. The van der Waals surface area contributed by atoms with Crippen LogP contribution in [-0.4, -0.2) is 24.8 Å². The fourth-order valence-corrected chi connectivity index (χ4v) is 4.28. The molecule has 0 fully saturated rings. The summed E-state index contributed by atoms with van der Waals surface area (Å²) >= 11 is 0. The third kappa shape index (κ3) is 4.26. The van der Waals surface area contributed by atoms with Gasteiger partial charge in [0.1, 0.15) is 0 Å². The fourth-order valence-electron chi connectivity index (χ4n) is 4.28. The van der Waals surface area contributed by atoms with Gasteiger partial charge in [-0.25, -0.2) is 4.79 Å². The largest absolute Gasteiger partial charge is 0.481 e. The van der Waals surface area contributed by atoms with Crippen molar-refractivity contribution in [3.8, 4) is 0 Å². The fraction of sp³-hybridized carbons (Fsp3) is 0.269. The number of allylic oxidation sites excluding steroid dienone is 1. The Labute approximate surface area is 190 Å². The van der Waals surface area contributed by atoms with Gasteiger partial charge in [0.15, 0.2) is 0 Å². The van der Waals surface area contributed by atoms with E-state index in [4.69, 9.17) is 5.11 Å². The van der Waals surface area contributed by atoms with Crippen molar-refractivity contribution < 1.29 is 9.90 Å². The van der Waals surface area contributed by atoms with Crippen LogP contribution < -0.4 is 11.2 Å². The second kappa shape index (κ2) is 9.32. The highest BCUT2D eigenvalue weighted by Crippen LogP contribution is 2.23. The normalized spacial score (nSPS) is 11.7. The van der Waals surface area contributed by atoms with Gasteiger partial charge in [-0.3, -0.25) is 18.7 Å². The Morgan fingerprint density at radius 3 is 2.55 bits per heavy atom. The number of nitrogens with zero attached hydrogens (tertiary/aromatic N) is 3. The molecule has 1 N–H and O–H groups in total. The third-order valence-corrected chi connectivity index (χ3v) is 5.90. The Kier molecular flexibility index (Phi) is 6.31. The third-order valence-electron chi connectivity index (χ3n) is 5.90. The van der Waals surface area contributed by atoms with Gasteiger partial charge in [-0.1, -0.05) is 55.8 Å². The lowest BCUT2D eigenvalue weighted by Gasteiger charge is -2.15. The molecule has 7 nitrogen and oxygen atoms in total. The van der Waals surface area contributed by atoms with Crippen LogP contribution in [0.4, 0.5) is 0 Å². The van der Waals surface area contributed by atoms with Crippen LogP contribution in [0.5, 0.6) is 0 Å². The number of aryl methyl sites for hydroxylation is 1. The standard InChI is InChI=1S/C26H27N3O4/c1-3-4-5-9-18-10-8-13-22-24(18)25(32)28(15-14-23(30)31)26(33)29(22)17-19-16-27(2)21-12-7-6-11-20(19)21/h5-13,16H,3-4,14-15,17H2,1-2H3,(H,30,31)/b9-5+. The van der Waals surface area contributed by atoms with E-state index in [-0.39, 0.29) is 19.5 Å². The molecule has 2 heterocycles. The highest BCUT2D eigenvalue weighted by molar-refractivity contribution is 5.88. The molecule has 0 aliphatic rings. The van der Waals surface area contributed by atoms with E-state index in [2.05, 4.69) is 6.92 Å². The molecular weight excluding hydrogens is 418 g/mol. The van der Waals surface area contributed by atoms with E-state index >= 15 is 0 Å². The van der Waals surface area contributed by atoms with Crippen molar-refractivity contribution in [3.05, 3.63) is 86.7 Å². The minimum Gasteiger partial charge on any atom is -0.481 e. The molecule has 0 aliphatic carbocycles. The molecule has 0 bridgehead atoms. The average Bonchev–Trinajstić information content (AvgIpc) is 3.12. The van der Waals surface area contributed by atoms with Crippen molar-refractivity contribution >= 4 is 33.9 Å². The predicted octanol–water partition coefficient (Wildman–Crippen LogP) is 3.99. The number of carboxylic acids is 1. The van der Waals surface area contributed by atoms with Crippen LogP contribution in [0.15, 0.2) is 64.3 Å². The van der Waals surface area contributed by atoms with Crippen molar-refractivity contribution in [2.24, 2.45) is 7.05 Å². The van der Waals surface area contributed by atoms with E-state index < -0.39 is 17.2 Å². The summed E-state index contributed by atoms with van der Waals surface area (Å²) in [6.45, 7) is 2.17. The molecule has 0 unspecified atom stereocenters. The highest BCUT2D eigenvalue weighted by atomic mass is 16.4. The van der Waals surface area contributed by atoms with Gasteiger partial charge in [0.25, 0.3) is 5.56 Å². The first kappa shape index (κ1) is 22.3. The lowest BCUT2D eigenvalue weighted by molar-refractivity contribution is -0.137. The average molecular weight is 446 g/mol. The van der Waals surface area contributed by atoms with Gasteiger partial charge >= 0.3 is 11.7 Å². The summed E-state index contributed by atoms with van der Waals surface area (Å²) in [5.74, 6) is -1.06. The quantitative estimate of drug-likeness (QED) is 0.444. The summed E-state index contributed by atoms with van der Waals surface area (Å²) in [6, 6.07) is 13.4. The number of aromatic nitrogens is 3. The number of hydrogen-bond acceptors (Lipinski definition) is 3. The number of fused-ring (bicyclic) bond motifs is 2. The topological polar surface area (TPSA) is 86.2 Å². The summed E-state index contributed by atoms with van der Waals surface area (Å²) in [4.78, 5) is 38.0. The van der Waals surface area contributed by atoms with E-state index in [1.165, 1.54) is 0 Å². The maximum absolute atomic E-state index is 13.4. The first-order chi connectivity index (χ1) is 15.9.